The lowest BCUT2D eigenvalue weighted by Gasteiger charge is -2.15. The van der Waals surface area contributed by atoms with Crippen LogP contribution in [0.5, 0.6) is 0 Å². The fraction of sp³-hybridized carbons (Fsp3) is 0.438. The topological polar surface area (TPSA) is 99.4 Å². The molecule has 0 aliphatic rings. The molecule has 0 aliphatic carbocycles. The second-order valence-corrected chi connectivity index (χ2v) is 6.42. The van der Waals surface area contributed by atoms with Crippen LogP contribution in [0.4, 0.5) is 0 Å². The van der Waals surface area contributed by atoms with Gasteiger partial charge in [-0.05, 0) is 26.0 Å². The Morgan fingerprint density at radius 3 is 2.75 bits per heavy atom. The van der Waals surface area contributed by atoms with Gasteiger partial charge in [-0.3, -0.25) is 9.59 Å². The number of carbonyl (C=O) groups excluding carboxylic acids is 1. The van der Waals surface area contributed by atoms with E-state index in [0.717, 1.165) is 11.5 Å². The highest BCUT2D eigenvalue weighted by Crippen LogP contribution is 2.15. The van der Waals surface area contributed by atoms with E-state index in [1.54, 1.807) is 18.9 Å². The number of carbonyl (C=O) groups is 1. The van der Waals surface area contributed by atoms with Gasteiger partial charge >= 0.3 is 0 Å². The van der Waals surface area contributed by atoms with E-state index >= 15 is 0 Å². The summed E-state index contributed by atoms with van der Waals surface area (Å²) in [5.74, 6) is 1.61. The molecule has 2 N–H and O–H groups in total. The quantitative estimate of drug-likeness (QED) is 0.576. The standard InChI is InChI=1S/C16H21N3O4S/c1-10-4-5-12(23-10)8-19(3)14(21)9-24-16-17-11(2)13(6-7-20)15(22)18-16/h4-5,20H,6-9H2,1-3H3,(H,17,18,22). The van der Waals surface area contributed by atoms with Crippen molar-refractivity contribution < 1.29 is 14.3 Å². The molecule has 2 rings (SSSR count). The molecule has 0 atom stereocenters. The summed E-state index contributed by atoms with van der Waals surface area (Å²) in [6.45, 7) is 3.86. The van der Waals surface area contributed by atoms with E-state index in [1.165, 1.54) is 11.8 Å². The summed E-state index contributed by atoms with van der Waals surface area (Å²) in [6, 6.07) is 3.70. The first-order chi connectivity index (χ1) is 11.4. The van der Waals surface area contributed by atoms with E-state index < -0.39 is 0 Å². The Labute approximate surface area is 144 Å². The van der Waals surface area contributed by atoms with Gasteiger partial charge in [0.15, 0.2) is 5.16 Å². The molecule has 0 radical (unpaired) electrons. The van der Waals surface area contributed by atoms with Crippen LogP contribution >= 0.6 is 11.8 Å². The monoisotopic (exact) mass is 351 g/mol. The van der Waals surface area contributed by atoms with Crippen molar-refractivity contribution in [1.82, 2.24) is 14.9 Å². The van der Waals surface area contributed by atoms with Gasteiger partial charge in [-0.15, -0.1) is 0 Å². The summed E-state index contributed by atoms with van der Waals surface area (Å²) in [6.07, 6.45) is 0.267. The fourth-order valence-corrected chi connectivity index (χ4v) is 3.04. The van der Waals surface area contributed by atoms with Crippen LogP contribution in [0, 0.1) is 13.8 Å². The molecule has 0 spiro atoms. The van der Waals surface area contributed by atoms with Gasteiger partial charge in [-0.1, -0.05) is 11.8 Å². The number of hydrogen-bond donors (Lipinski definition) is 2. The first-order valence-electron chi connectivity index (χ1n) is 7.53. The summed E-state index contributed by atoms with van der Waals surface area (Å²) < 4.78 is 5.45. The molecule has 0 bridgehead atoms. The smallest absolute Gasteiger partial charge is 0.255 e. The van der Waals surface area contributed by atoms with Crippen LogP contribution in [-0.4, -0.2) is 45.3 Å². The SMILES string of the molecule is Cc1ccc(CN(C)C(=O)CSc2nc(C)c(CCO)c(=O)[nH]2)o1. The zero-order valence-electron chi connectivity index (χ0n) is 14.0. The largest absolute Gasteiger partial charge is 0.464 e. The average molecular weight is 351 g/mol. The van der Waals surface area contributed by atoms with Crippen LogP contribution in [0.3, 0.4) is 0 Å². The molecule has 130 valence electrons. The molecule has 8 heteroatoms. The number of aliphatic hydroxyl groups is 1. The molecular weight excluding hydrogens is 330 g/mol. The maximum absolute atomic E-state index is 12.2. The van der Waals surface area contributed by atoms with Crippen molar-refractivity contribution in [2.75, 3.05) is 19.4 Å². The van der Waals surface area contributed by atoms with E-state index in [4.69, 9.17) is 9.52 Å². The molecule has 1 amide bonds. The van der Waals surface area contributed by atoms with E-state index in [2.05, 4.69) is 9.97 Å². The van der Waals surface area contributed by atoms with Crippen LogP contribution in [0.2, 0.25) is 0 Å². The fourth-order valence-electron chi connectivity index (χ4n) is 2.19. The first kappa shape index (κ1) is 18.3. The predicted octanol–water partition coefficient (Wildman–Crippen LogP) is 1.27. The van der Waals surface area contributed by atoms with Gasteiger partial charge in [0, 0.05) is 31.3 Å². The highest BCUT2D eigenvalue weighted by Gasteiger charge is 2.14. The van der Waals surface area contributed by atoms with Crippen molar-refractivity contribution in [3.8, 4) is 0 Å². The summed E-state index contributed by atoms with van der Waals surface area (Å²) >= 11 is 1.18. The minimum atomic E-state index is -0.272. The van der Waals surface area contributed by atoms with Crippen LogP contribution in [0.25, 0.3) is 0 Å². The Morgan fingerprint density at radius 1 is 1.42 bits per heavy atom. The third-order valence-electron chi connectivity index (χ3n) is 3.51. The third-order valence-corrected chi connectivity index (χ3v) is 4.37. The van der Waals surface area contributed by atoms with Crippen LogP contribution in [0.15, 0.2) is 26.5 Å². The Bertz CT molecular complexity index is 769. The molecule has 2 aromatic heterocycles. The Balaban J connectivity index is 1.95. The number of furan rings is 1. The summed E-state index contributed by atoms with van der Waals surface area (Å²) in [5, 5.41) is 9.35. The van der Waals surface area contributed by atoms with Gasteiger partial charge in [0.1, 0.15) is 11.5 Å². The highest BCUT2D eigenvalue weighted by molar-refractivity contribution is 7.99. The van der Waals surface area contributed by atoms with E-state index in [-0.39, 0.29) is 30.2 Å². The molecule has 0 aromatic carbocycles. The van der Waals surface area contributed by atoms with Crippen LogP contribution < -0.4 is 5.56 Å². The van der Waals surface area contributed by atoms with Crippen LogP contribution in [-0.2, 0) is 17.8 Å². The molecular formula is C16H21N3O4S. The normalized spacial score (nSPS) is 10.8. The molecule has 0 aliphatic heterocycles. The number of amides is 1. The second-order valence-electron chi connectivity index (χ2n) is 5.46. The van der Waals surface area contributed by atoms with Crippen molar-refractivity contribution in [3.63, 3.8) is 0 Å². The Kier molecular flexibility index (Phi) is 6.22. The number of rotatable bonds is 7. The minimum Gasteiger partial charge on any atom is -0.464 e. The lowest BCUT2D eigenvalue weighted by molar-refractivity contribution is -0.127. The summed E-state index contributed by atoms with van der Waals surface area (Å²) in [7, 11) is 1.70. The van der Waals surface area contributed by atoms with Gasteiger partial charge in [0.25, 0.3) is 5.56 Å². The van der Waals surface area contributed by atoms with E-state index in [9.17, 15) is 9.59 Å². The number of aromatic nitrogens is 2. The van der Waals surface area contributed by atoms with Crippen LogP contribution in [0.1, 0.15) is 22.8 Å². The van der Waals surface area contributed by atoms with E-state index in [1.807, 2.05) is 19.1 Å². The Hall–Kier alpha value is -2.06. The average Bonchev–Trinajstić information content (AvgIpc) is 2.93. The molecule has 0 unspecified atom stereocenters. The number of aromatic amines is 1. The first-order valence-corrected chi connectivity index (χ1v) is 8.52. The number of aliphatic hydroxyl groups excluding tert-OH is 1. The van der Waals surface area contributed by atoms with Gasteiger partial charge in [-0.25, -0.2) is 4.98 Å². The molecule has 7 nitrogen and oxygen atoms in total. The lowest BCUT2D eigenvalue weighted by atomic mass is 10.2. The number of thioether (sulfide) groups is 1. The maximum atomic E-state index is 12.2. The van der Waals surface area contributed by atoms with E-state index in [0.29, 0.717) is 23.0 Å². The van der Waals surface area contributed by atoms with Gasteiger partial charge in [0.2, 0.25) is 5.91 Å². The number of H-pyrrole nitrogens is 1. The third kappa shape index (κ3) is 4.72. The van der Waals surface area contributed by atoms with Crippen molar-refractivity contribution in [3.05, 3.63) is 45.3 Å². The molecule has 2 aromatic rings. The predicted molar refractivity (Wildman–Crippen MR) is 91.0 cm³/mol. The maximum Gasteiger partial charge on any atom is 0.255 e. The lowest BCUT2D eigenvalue weighted by Crippen LogP contribution is -2.28. The highest BCUT2D eigenvalue weighted by atomic mass is 32.2. The van der Waals surface area contributed by atoms with Gasteiger partial charge in [-0.2, -0.15) is 0 Å². The van der Waals surface area contributed by atoms with Crippen molar-refractivity contribution in [2.45, 2.75) is 32.0 Å². The zero-order valence-corrected chi connectivity index (χ0v) is 14.8. The summed E-state index contributed by atoms with van der Waals surface area (Å²) in [5.41, 5.74) is 0.770. The van der Waals surface area contributed by atoms with Gasteiger partial charge in [0.05, 0.1) is 12.3 Å². The van der Waals surface area contributed by atoms with Gasteiger partial charge < -0.3 is 19.4 Å². The molecule has 2 heterocycles. The number of aryl methyl sites for hydroxylation is 2. The minimum absolute atomic E-state index is 0.0891. The molecule has 24 heavy (non-hydrogen) atoms. The molecule has 0 saturated heterocycles. The van der Waals surface area contributed by atoms with Crippen molar-refractivity contribution in [1.29, 1.82) is 0 Å². The molecule has 0 fully saturated rings. The molecule has 0 saturated carbocycles. The Morgan fingerprint density at radius 2 is 2.17 bits per heavy atom. The van der Waals surface area contributed by atoms with Crippen molar-refractivity contribution in [2.24, 2.45) is 0 Å². The number of nitrogens with zero attached hydrogens (tertiary/aromatic N) is 2. The number of hydrogen-bond acceptors (Lipinski definition) is 6. The zero-order chi connectivity index (χ0) is 17.7. The number of nitrogens with one attached hydrogen (secondary N) is 1. The summed E-state index contributed by atoms with van der Waals surface area (Å²) in [4.78, 5) is 32.6. The van der Waals surface area contributed by atoms with Crippen molar-refractivity contribution >= 4 is 17.7 Å². The second kappa shape index (κ2) is 8.16.